The van der Waals surface area contributed by atoms with Crippen molar-refractivity contribution >= 4 is 29.0 Å². The van der Waals surface area contributed by atoms with Crippen LogP contribution in [-0.2, 0) is 4.79 Å². The summed E-state index contributed by atoms with van der Waals surface area (Å²) in [5.74, 6) is 0.488. The first kappa shape index (κ1) is 13.9. The van der Waals surface area contributed by atoms with Gasteiger partial charge in [-0.1, -0.05) is 6.07 Å². The third-order valence-corrected chi connectivity index (χ3v) is 3.59. The third-order valence-electron chi connectivity index (χ3n) is 2.46. The minimum absolute atomic E-state index is 0.0721. The van der Waals surface area contributed by atoms with Crippen molar-refractivity contribution < 1.29 is 9.90 Å². The van der Waals surface area contributed by atoms with Crippen molar-refractivity contribution in [2.45, 2.75) is 19.1 Å². The molecule has 1 aromatic rings. The van der Waals surface area contributed by atoms with Crippen molar-refractivity contribution in [3.05, 3.63) is 23.8 Å². The molecule has 0 aromatic heterocycles. The van der Waals surface area contributed by atoms with Gasteiger partial charge in [0.25, 0.3) is 0 Å². The highest BCUT2D eigenvalue weighted by molar-refractivity contribution is 8.00. The summed E-state index contributed by atoms with van der Waals surface area (Å²) in [5.41, 5.74) is 8.05. The van der Waals surface area contributed by atoms with E-state index >= 15 is 0 Å². The molecular weight excluding hydrogens is 236 g/mol. The maximum Gasteiger partial charge on any atom is 0.237 e. The molecule has 0 aliphatic heterocycles. The van der Waals surface area contributed by atoms with Crippen LogP contribution in [0, 0.1) is 6.92 Å². The second-order valence-electron chi connectivity index (χ2n) is 3.75. The van der Waals surface area contributed by atoms with Crippen molar-refractivity contribution in [1.29, 1.82) is 0 Å². The molecule has 0 heterocycles. The fourth-order valence-electron chi connectivity index (χ4n) is 1.33. The van der Waals surface area contributed by atoms with Crippen molar-refractivity contribution in [3.8, 4) is 0 Å². The molecular formula is C12H18N2O2S. The molecule has 0 bridgehead atoms. The smallest absolute Gasteiger partial charge is 0.237 e. The predicted molar refractivity (Wildman–Crippen MR) is 73.2 cm³/mol. The van der Waals surface area contributed by atoms with E-state index in [1.807, 2.05) is 26.0 Å². The molecule has 0 fully saturated rings. The van der Waals surface area contributed by atoms with Crippen LogP contribution in [0.15, 0.2) is 18.2 Å². The Labute approximate surface area is 106 Å². The van der Waals surface area contributed by atoms with Crippen LogP contribution in [0.3, 0.4) is 0 Å². The quantitative estimate of drug-likeness (QED) is 0.698. The Hall–Kier alpha value is -1.20. The summed E-state index contributed by atoms with van der Waals surface area (Å²) in [6.45, 7) is 3.77. The van der Waals surface area contributed by atoms with Crippen molar-refractivity contribution in [1.82, 2.24) is 0 Å². The standard InChI is InChI=1S/C12H18N2O2S/c1-8-10(13)4-3-5-11(8)14-12(16)9(2)17-7-6-15/h3-5,9,15H,6-7,13H2,1-2H3,(H,14,16). The maximum atomic E-state index is 11.8. The average molecular weight is 254 g/mol. The van der Waals surface area contributed by atoms with Gasteiger partial charge < -0.3 is 16.2 Å². The van der Waals surface area contributed by atoms with E-state index in [1.165, 1.54) is 11.8 Å². The summed E-state index contributed by atoms with van der Waals surface area (Å²) in [6, 6.07) is 5.44. The van der Waals surface area contributed by atoms with Gasteiger partial charge in [0.05, 0.1) is 11.9 Å². The number of nitrogens with one attached hydrogen (secondary N) is 1. The molecule has 1 rings (SSSR count). The highest BCUT2D eigenvalue weighted by atomic mass is 32.2. The molecule has 4 N–H and O–H groups in total. The molecule has 0 aliphatic rings. The van der Waals surface area contributed by atoms with E-state index in [4.69, 9.17) is 10.8 Å². The summed E-state index contributed by atoms with van der Waals surface area (Å²) in [5, 5.41) is 11.3. The molecule has 17 heavy (non-hydrogen) atoms. The zero-order valence-corrected chi connectivity index (χ0v) is 10.9. The number of rotatable bonds is 5. The van der Waals surface area contributed by atoms with Crippen LogP contribution in [0.2, 0.25) is 0 Å². The lowest BCUT2D eigenvalue weighted by molar-refractivity contribution is -0.115. The normalized spacial score (nSPS) is 12.2. The van der Waals surface area contributed by atoms with Gasteiger partial charge in [-0.25, -0.2) is 0 Å². The summed E-state index contributed by atoms with van der Waals surface area (Å²) < 4.78 is 0. The second kappa shape index (κ2) is 6.51. The number of nitrogen functional groups attached to an aromatic ring is 1. The second-order valence-corrected chi connectivity index (χ2v) is 5.19. The van der Waals surface area contributed by atoms with Gasteiger partial charge in [-0.05, 0) is 31.5 Å². The van der Waals surface area contributed by atoms with Crippen LogP contribution in [0.25, 0.3) is 0 Å². The maximum absolute atomic E-state index is 11.8. The summed E-state index contributed by atoms with van der Waals surface area (Å²) in [7, 11) is 0. The Bertz CT molecular complexity index is 396. The van der Waals surface area contributed by atoms with Crippen LogP contribution in [0.1, 0.15) is 12.5 Å². The number of aliphatic hydroxyl groups is 1. The van der Waals surface area contributed by atoms with Gasteiger partial charge in [0.15, 0.2) is 0 Å². The summed E-state index contributed by atoms with van der Waals surface area (Å²) in [6.07, 6.45) is 0. The Morgan fingerprint density at radius 2 is 2.29 bits per heavy atom. The lowest BCUT2D eigenvalue weighted by Gasteiger charge is -2.13. The Kier molecular flexibility index (Phi) is 5.31. The zero-order chi connectivity index (χ0) is 12.8. The highest BCUT2D eigenvalue weighted by Gasteiger charge is 2.14. The van der Waals surface area contributed by atoms with Crippen LogP contribution < -0.4 is 11.1 Å². The number of amides is 1. The number of carbonyl (C=O) groups excluding carboxylic acids is 1. The monoisotopic (exact) mass is 254 g/mol. The lowest BCUT2D eigenvalue weighted by atomic mass is 10.1. The first-order valence-electron chi connectivity index (χ1n) is 5.44. The van der Waals surface area contributed by atoms with Gasteiger partial charge in [-0.3, -0.25) is 4.79 Å². The average Bonchev–Trinajstić information content (AvgIpc) is 2.31. The van der Waals surface area contributed by atoms with Gasteiger partial charge in [-0.15, -0.1) is 11.8 Å². The van der Waals surface area contributed by atoms with Crippen LogP contribution >= 0.6 is 11.8 Å². The highest BCUT2D eigenvalue weighted by Crippen LogP contribution is 2.21. The van der Waals surface area contributed by atoms with Gasteiger partial charge in [-0.2, -0.15) is 0 Å². The van der Waals surface area contributed by atoms with Crippen LogP contribution in [0.5, 0.6) is 0 Å². The molecule has 0 radical (unpaired) electrons. The molecule has 0 saturated heterocycles. The van der Waals surface area contributed by atoms with E-state index in [2.05, 4.69) is 5.32 Å². The Morgan fingerprint density at radius 3 is 2.94 bits per heavy atom. The largest absolute Gasteiger partial charge is 0.398 e. The number of nitrogens with two attached hydrogens (primary N) is 1. The van der Waals surface area contributed by atoms with Crippen LogP contribution in [-0.4, -0.2) is 28.6 Å². The Balaban J connectivity index is 2.64. The SMILES string of the molecule is Cc1c(N)cccc1NC(=O)C(C)SCCO. The van der Waals surface area contributed by atoms with E-state index in [9.17, 15) is 4.79 Å². The van der Waals surface area contributed by atoms with E-state index in [-0.39, 0.29) is 17.8 Å². The van der Waals surface area contributed by atoms with E-state index < -0.39 is 0 Å². The molecule has 1 aromatic carbocycles. The molecule has 1 atom stereocenters. The lowest BCUT2D eigenvalue weighted by Crippen LogP contribution is -2.23. The minimum Gasteiger partial charge on any atom is -0.398 e. The van der Waals surface area contributed by atoms with Gasteiger partial charge in [0.1, 0.15) is 0 Å². The number of thioether (sulfide) groups is 1. The number of anilines is 2. The van der Waals surface area contributed by atoms with Crippen molar-refractivity contribution in [3.63, 3.8) is 0 Å². The number of hydrogen-bond acceptors (Lipinski definition) is 4. The molecule has 0 saturated carbocycles. The van der Waals surface area contributed by atoms with Gasteiger partial charge >= 0.3 is 0 Å². The molecule has 4 nitrogen and oxygen atoms in total. The van der Waals surface area contributed by atoms with E-state index in [0.29, 0.717) is 11.4 Å². The first-order valence-corrected chi connectivity index (χ1v) is 6.49. The van der Waals surface area contributed by atoms with Gasteiger partial charge in [0.2, 0.25) is 5.91 Å². The zero-order valence-electron chi connectivity index (χ0n) is 10.1. The topological polar surface area (TPSA) is 75.3 Å². The third kappa shape index (κ3) is 3.94. The molecule has 94 valence electrons. The predicted octanol–water partition coefficient (Wildman–Crippen LogP) is 1.63. The fraction of sp³-hybridized carbons (Fsp3) is 0.417. The van der Waals surface area contributed by atoms with E-state index in [1.54, 1.807) is 6.07 Å². The molecule has 0 aliphatic carbocycles. The number of hydrogen-bond donors (Lipinski definition) is 3. The fourth-order valence-corrected chi connectivity index (χ4v) is 2.00. The number of benzene rings is 1. The molecule has 1 amide bonds. The molecule has 5 heteroatoms. The van der Waals surface area contributed by atoms with Crippen molar-refractivity contribution in [2.24, 2.45) is 0 Å². The molecule has 1 unspecified atom stereocenters. The van der Waals surface area contributed by atoms with Gasteiger partial charge in [0, 0.05) is 17.1 Å². The molecule has 0 spiro atoms. The first-order chi connectivity index (χ1) is 8.06. The number of aliphatic hydroxyl groups excluding tert-OH is 1. The number of carbonyl (C=O) groups is 1. The minimum atomic E-state index is -0.192. The Morgan fingerprint density at radius 1 is 1.59 bits per heavy atom. The summed E-state index contributed by atoms with van der Waals surface area (Å²) in [4.78, 5) is 11.8. The van der Waals surface area contributed by atoms with Crippen molar-refractivity contribution in [2.75, 3.05) is 23.4 Å². The summed E-state index contributed by atoms with van der Waals surface area (Å²) >= 11 is 1.42. The van der Waals surface area contributed by atoms with Crippen LogP contribution in [0.4, 0.5) is 11.4 Å². The van der Waals surface area contributed by atoms with E-state index in [0.717, 1.165) is 11.3 Å².